The number of amides is 1. The molecule has 3 aromatic rings. The molecule has 0 radical (unpaired) electrons. The Labute approximate surface area is 149 Å². The van der Waals surface area contributed by atoms with Crippen LogP contribution in [0.3, 0.4) is 0 Å². The molecule has 1 fully saturated rings. The maximum Gasteiger partial charge on any atom is 0.268 e. The number of hydrogen-bond acceptors (Lipinski definition) is 4. The van der Waals surface area contributed by atoms with Crippen molar-refractivity contribution in [2.24, 2.45) is 0 Å². The number of pyridine rings is 1. The smallest absolute Gasteiger partial charge is 0.268 e. The molecule has 0 unspecified atom stereocenters. The molecule has 5 nitrogen and oxygen atoms in total. The minimum absolute atomic E-state index is 0.242. The van der Waals surface area contributed by atoms with Crippen molar-refractivity contribution in [1.82, 2.24) is 15.3 Å². The zero-order chi connectivity index (χ0) is 17.4. The van der Waals surface area contributed by atoms with Crippen molar-refractivity contribution in [2.75, 3.05) is 0 Å². The van der Waals surface area contributed by atoms with E-state index in [1.165, 1.54) is 0 Å². The van der Waals surface area contributed by atoms with E-state index >= 15 is 0 Å². The lowest BCUT2D eigenvalue weighted by Gasteiger charge is -2.28. The first-order valence-corrected chi connectivity index (χ1v) is 9.33. The highest BCUT2D eigenvalue weighted by molar-refractivity contribution is 7.09. The van der Waals surface area contributed by atoms with Gasteiger partial charge in [0.15, 0.2) is 0 Å². The van der Waals surface area contributed by atoms with Crippen LogP contribution in [-0.2, 0) is 5.54 Å². The summed E-state index contributed by atoms with van der Waals surface area (Å²) in [5.74, 6) is -0.252. The molecule has 1 aromatic carbocycles. The Morgan fingerprint density at radius 2 is 2.04 bits per heavy atom. The van der Waals surface area contributed by atoms with Gasteiger partial charge in [0.25, 0.3) is 11.5 Å². The van der Waals surface area contributed by atoms with Crippen molar-refractivity contribution in [3.8, 4) is 0 Å². The minimum atomic E-state index is -0.418. The number of carbonyl (C=O) groups is 1. The Balaban J connectivity index is 1.70. The zero-order valence-electron chi connectivity index (χ0n) is 14.0. The molecular weight excluding hydrogens is 334 g/mol. The summed E-state index contributed by atoms with van der Waals surface area (Å²) in [7, 11) is 0. The summed E-state index contributed by atoms with van der Waals surface area (Å²) in [5, 5.41) is 7.49. The van der Waals surface area contributed by atoms with Gasteiger partial charge in [0.1, 0.15) is 10.7 Å². The number of nitrogens with one attached hydrogen (secondary N) is 2. The summed E-state index contributed by atoms with van der Waals surface area (Å²) in [6, 6.07) is 9.02. The van der Waals surface area contributed by atoms with Gasteiger partial charge in [0, 0.05) is 16.5 Å². The quantitative estimate of drug-likeness (QED) is 0.757. The van der Waals surface area contributed by atoms with Crippen LogP contribution in [0.5, 0.6) is 0 Å². The van der Waals surface area contributed by atoms with E-state index in [-0.39, 0.29) is 11.5 Å². The molecule has 0 atom stereocenters. The van der Waals surface area contributed by atoms with Crippen LogP contribution in [-0.4, -0.2) is 15.9 Å². The van der Waals surface area contributed by atoms with Crippen LogP contribution in [0.4, 0.5) is 0 Å². The van der Waals surface area contributed by atoms with Crippen LogP contribution in [0.1, 0.15) is 46.9 Å². The van der Waals surface area contributed by atoms with Gasteiger partial charge in [-0.25, -0.2) is 4.98 Å². The van der Waals surface area contributed by atoms with Gasteiger partial charge in [-0.05, 0) is 37.3 Å². The molecule has 25 heavy (non-hydrogen) atoms. The Morgan fingerprint density at radius 1 is 1.28 bits per heavy atom. The molecule has 128 valence electrons. The number of aryl methyl sites for hydroxylation is 1. The third-order valence-electron chi connectivity index (χ3n) is 4.84. The highest BCUT2D eigenvalue weighted by Crippen LogP contribution is 2.40. The van der Waals surface area contributed by atoms with Crippen LogP contribution in [0.25, 0.3) is 10.8 Å². The van der Waals surface area contributed by atoms with Gasteiger partial charge in [-0.3, -0.25) is 9.59 Å². The van der Waals surface area contributed by atoms with Crippen molar-refractivity contribution >= 4 is 28.0 Å². The number of thiazole rings is 1. The van der Waals surface area contributed by atoms with E-state index in [0.717, 1.165) is 41.8 Å². The predicted molar refractivity (Wildman–Crippen MR) is 99.0 cm³/mol. The van der Waals surface area contributed by atoms with Gasteiger partial charge in [-0.15, -0.1) is 11.3 Å². The van der Waals surface area contributed by atoms with Crippen LogP contribution in [0, 0.1) is 6.92 Å². The van der Waals surface area contributed by atoms with Gasteiger partial charge in [-0.1, -0.05) is 31.0 Å². The topological polar surface area (TPSA) is 74.8 Å². The van der Waals surface area contributed by atoms with Gasteiger partial charge in [-0.2, -0.15) is 0 Å². The number of nitrogens with zero attached hydrogens (tertiary/aromatic N) is 1. The van der Waals surface area contributed by atoms with E-state index in [2.05, 4.69) is 15.3 Å². The Kier molecular flexibility index (Phi) is 3.92. The van der Waals surface area contributed by atoms with E-state index in [4.69, 9.17) is 0 Å². The van der Waals surface area contributed by atoms with Gasteiger partial charge in [0.2, 0.25) is 0 Å². The van der Waals surface area contributed by atoms with E-state index < -0.39 is 5.54 Å². The average Bonchev–Trinajstić information content (AvgIpc) is 3.25. The number of carbonyl (C=O) groups excluding carboxylic acids is 1. The molecule has 1 aliphatic rings. The lowest BCUT2D eigenvalue weighted by Crippen LogP contribution is -2.44. The predicted octanol–water partition coefficient (Wildman–Crippen LogP) is 3.49. The molecule has 1 aliphatic carbocycles. The Morgan fingerprint density at radius 3 is 2.76 bits per heavy atom. The largest absolute Gasteiger partial charge is 0.339 e. The summed E-state index contributed by atoms with van der Waals surface area (Å²) >= 11 is 1.59. The van der Waals surface area contributed by atoms with Crippen LogP contribution >= 0.6 is 11.3 Å². The first-order valence-electron chi connectivity index (χ1n) is 8.45. The number of benzene rings is 1. The first kappa shape index (κ1) is 16.0. The summed E-state index contributed by atoms with van der Waals surface area (Å²) < 4.78 is 0. The number of rotatable bonds is 3. The summed E-state index contributed by atoms with van der Waals surface area (Å²) in [6.07, 6.45) is 3.88. The van der Waals surface area contributed by atoms with Crippen LogP contribution < -0.4 is 10.9 Å². The Bertz CT molecular complexity index is 999. The highest BCUT2D eigenvalue weighted by atomic mass is 32.1. The second-order valence-electron chi connectivity index (χ2n) is 6.64. The van der Waals surface area contributed by atoms with Crippen molar-refractivity contribution in [1.29, 1.82) is 0 Å². The molecular formula is C19H19N3O2S. The number of fused-ring (bicyclic) bond motifs is 1. The van der Waals surface area contributed by atoms with Crippen LogP contribution in [0.15, 0.2) is 40.5 Å². The summed E-state index contributed by atoms with van der Waals surface area (Å²) in [5.41, 5.74) is 0.607. The fraction of sp³-hybridized carbons (Fsp3) is 0.316. The SMILES string of the molecule is Cc1csc(C2(NC(=O)c3cc4ccccc4c(=O)[nH]3)CCCC2)n1. The molecule has 2 aromatic heterocycles. The Hall–Kier alpha value is -2.47. The van der Waals surface area contributed by atoms with Crippen molar-refractivity contribution in [3.05, 3.63) is 62.5 Å². The second kappa shape index (κ2) is 6.11. The fourth-order valence-electron chi connectivity index (χ4n) is 3.56. The molecule has 0 spiro atoms. The number of aromatic nitrogens is 2. The van der Waals surface area contributed by atoms with Gasteiger partial charge >= 0.3 is 0 Å². The fourth-order valence-corrected chi connectivity index (χ4v) is 4.57. The molecule has 1 saturated carbocycles. The summed E-state index contributed by atoms with van der Waals surface area (Å²) in [4.78, 5) is 32.5. The van der Waals surface area contributed by atoms with Crippen molar-refractivity contribution < 1.29 is 4.79 Å². The number of hydrogen-bond donors (Lipinski definition) is 2. The molecule has 4 rings (SSSR count). The van der Waals surface area contributed by atoms with Crippen molar-refractivity contribution in [3.63, 3.8) is 0 Å². The minimum Gasteiger partial charge on any atom is -0.339 e. The normalized spacial score (nSPS) is 16.2. The molecule has 1 amide bonds. The molecule has 0 aliphatic heterocycles. The molecule has 0 saturated heterocycles. The van der Waals surface area contributed by atoms with Gasteiger partial charge < -0.3 is 10.3 Å². The van der Waals surface area contributed by atoms with Crippen LogP contribution in [0.2, 0.25) is 0 Å². The number of H-pyrrole nitrogens is 1. The average molecular weight is 353 g/mol. The van der Waals surface area contributed by atoms with E-state index in [0.29, 0.717) is 11.1 Å². The third kappa shape index (κ3) is 2.87. The maximum absolute atomic E-state index is 12.9. The van der Waals surface area contributed by atoms with E-state index in [1.807, 2.05) is 30.5 Å². The molecule has 2 heterocycles. The molecule has 2 N–H and O–H groups in total. The number of aromatic amines is 1. The molecule has 6 heteroatoms. The zero-order valence-corrected chi connectivity index (χ0v) is 14.8. The lowest BCUT2D eigenvalue weighted by atomic mass is 9.98. The van der Waals surface area contributed by atoms with Gasteiger partial charge in [0.05, 0.1) is 5.54 Å². The highest BCUT2D eigenvalue weighted by Gasteiger charge is 2.39. The lowest BCUT2D eigenvalue weighted by molar-refractivity contribution is 0.0892. The third-order valence-corrected chi connectivity index (χ3v) is 6.00. The standard InChI is InChI=1S/C19H19N3O2S/c1-12-11-25-18(20-12)19(8-4-5-9-19)22-17(24)15-10-13-6-2-3-7-14(13)16(23)21-15/h2-3,6-7,10-11H,4-5,8-9H2,1H3,(H,21,23)(H,22,24). The van der Waals surface area contributed by atoms with Crippen molar-refractivity contribution in [2.45, 2.75) is 38.1 Å². The maximum atomic E-state index is 12.9. The second-order valence-corrected chi connectivity index (χ2v) is 7.49. The molecule has 0 bridgehead atoms. The summed E-state index contributed by atoms with van der Waals surface area (Å²) in [6.45, 7) is 1.96. The van der Waals surface area contributed by atoms with E-state index in [1.54, 1.807) is 23.5 Å². The monoisotopic (exact) mass is 353 g/mol. The first-order chi connectivity index (χ1) is 12.1. The van der Waals surface area contributed by atoms with E-state index in [9.17, 15) is 9.59 Å².